The summed E-state index contributed by atoms with van der Waals surface area (Å²) in [6.07, 6.45) is -4.86. The number of rotatable bonds is 5. The fourth-order valence-electron chi connectivity index (χ4n) is 2.88. The highest BCUT2D eigenvalue weighted by atomic mass is 35.5. The number of alkyl halides is 3. The van der Waals surface area contributed by atoms with E-state index in [2.05, 4.69) is 0 Å². The van der Waals surface area contributed by atoms with Gasteiger partial charge in [0.25, 0.3) is 0 Å². The highest BCUT2D eigenvalue weighted by Crippen LogP contribution is 2.40. The van der Waals surface area contributed by atoms with Crippen LogP contribution in [0, 0.1) is 0 Å². The molecule has 0 saturated carbocycles. The molecule has 14 heteroatoms. The molecule has 36 heavy (non-hydrogen) atoms. The highest BCUT2D eigenvalue weighted by Gasteiger charge is 2.38. The minimum absolute atomic E-state index is 0.109. The van der Waals surface area contributed by atoms with Crippen molar-refractivity contribution in [1.29, 1.82) is 0 Å². The van der Waals surface area contributed by atoms with Crippen LogP contribution < -0.4 is 9.47 Å². The van der Waals surface area contributed by atoms with Gasteiger partial charge in [-0.15, -0.1) is 0 Å². The molecule has 0 aliphatic rings. The third-order valence-electron chi connectivity index (χ3n) is 4.38. The Balaban J connectivity index is 2.10. The maximum Gasteiger partial charge on any atom is 0.416 e. The van der Waals surface area contributed by atoms with Gasteiger partial charge in [0.1, 0.15) is 0 Å². The van der Waals surface area contributed by atoms with Crippen LogP contribution in [0.5, 0.6) is 11.5 Å². The third-order valence-corrected chi connectivity index (χ3v) is 6.16. The molecule has 3 aromatic rings. The number of halogens is 10. The molecule has 0 aliphatic heterocycles. The zero-order chi connectivity index (χ0) is 26.9. The van der Waals surface area contributed by atoms with Crippen LogP contribution in [0.15, 0.2) is 42.5 Å². The first-order valence-corrected chi connectivity index (χ1v) is 11.9. The van der Waals surface area contributed by atoms with Crippen LogP contribution in [0.1, 0.15) is 17.0 Å². The lowest BCUT2D eigenvalue weighted by Gasteiger charge is -2.19. The molecule has 3 rings (SSSR count). The van der Waals surface area contributed by atoms with Crippen molar-refractivity contribution in [3.8, 4) is 11.5 Å². The van der Waals surface area contributed by atoms with Crippen molar-refractivity contribution in [2.24, 2.45) is 0 Å². The van der Waals surface area contributed by atoms with E-state index in [0.29, 0.717) is 12.1 Å². The lowest BCUT2D eigenvalue weighted by molar-refractivity contribution is -0.147. The SMILES string of the molecule is O=C(Oc1c(Cl)cc(Cl)cc1Cl)C(C(=O)Oc1c(Cl)cc(Cl)cc1Cl)c1cc(Cl)cc(C(F)(F)F)c1. The first-order chi connectivity index (χ1) is 16.7. The summed E-state index contributed by atoms with van der Waals surface area (Å²) in [7, 11) is 0. The lowest BCUT2D eigenvalue weighted by atomic mass is 9.97. The van der Waals surface area contributed by atoms with E-state index in [9.17, 15) is 22.8 Å². The number of hydrogen-bond acceptors (Lipinski definition) is 4. The van der Waals surface area contributed by atoms with E-state index in [4.69, 9.17) is 90.7 Å². The summed E-state index contributed by atoms with van der Waals surface area (Å²) in [6.45, 7) is 0. The number of benzene rings is 3. The van der Waals surface area contributed by atoms with Crippen LogP contribution in [0.2, 0.25) is 35.2 Å². The van der Waals surface area contributed by atoms with Crippen molar-refractivity contribution < 1.29 is 32.2 Å². The average Bonchev–Trinajstić information content (AvgIpc) is 2.72. The quantitative estimate of drug-likeness (QED) is 0.158. The van der Waals surface area contributed by atoms with E-state index < -0.39 is 51.7 Å². The Bertz CT molecular complexity index is 1240. The number of esters is 2. The molecule has 0 saturated heterocycles. The standard InChI is InChI=1S/C22H8Cl7F3O4/c23-10-2-8(1-9(3-10)22(30,31)32)17(20(33)35-18-13(26)4-11(24)5-14(18)27)21(34)36-19-15(28)6-12(25)7-16(19)29/h1-7,17H. The summed E-state index contributed by atoms with van der Waals surface area (Å²) in [6, 6.07) is 6.88. The van der Waals surface area contributed by atoms with Gasteiger partial charge in [-0.05, 0) is 48.0 Å². The van der Waals surface area contributed by atoms with E-state index in [1.807, 2.05) is 0 Å². The molecule has 0 aliphatic carbocycles. The van der Waals surface area contributed by atoms with Gasteiger partial charge in [-0.1, -0.05) is 81.2 Å². The molecule has 0 fully saturated rings. The molecular weight excluding hydrogens is 633 g/mol. The number of ether oxygens (including phenoxy) is 2. The topological polar surface area (TPSA) is 52.6 Å². The predicted molar refractivity (Wildman–Crippen MR) is 133 cm³/mol. The first kappa shape index (κ1) is 29.0. The zero-order valence-corrected chi connectivity index (χ0v) is 22.3. The lowest BCUT2D eigenvalue weighted by Crippen LogP contribution is -2.30. The van der Waals surface area contributed by atoms with Crippen molar-refractivity contribution in [2.75, 3.05) is 0 Å². The van der Waals surface area contributed by atoms with Crippen LogP contribution in [0.25, 0.3) is 0 Å². The molecule has 0 unspecified atom stereocenters. The molecule has 0 heterocycles. The summed E-state index contributed by atoms with van der Waals surface area (Å²) in [4.78, 5) is 26.3. The van der Waals surface area contributed by atoms with Gasteiger partial charge in [-0.2, -0.15) is 13.2 Å². The van der Waals surface area contributed by atoms with Gasteiger partial charge in [0.15, 0.2) is 17.4 Å². The number of carbonyl (C=O) groups is 2. The summed E-state index contributed by atoms with van der Waals surface area (Å²) in [5, 5.41) is -1.04. The number of carbonyl (C=O) groups excluding carboxylic acids is 2. The fraction of sp³-hybridized carbons (Fsp3) is 0.0909. The Hall–Kier alpha value is -1.58. The van der Waals surface area contributed by atoms with Crippen LogP contribution in [-0.4, -0.2) is 11.9 Å². The van der Waals surface area contributed by atoms with Crippen molar-refractivity contribution in [1.82, 2.24) is 0 Å². The minimum Gasteiger partial charge on any atom is -0.422 e. The molecule has 3 aromatic carbocycles. The molecule has 0 amide bonds. The average molecular weight is 641 g/mol. The van der Waals surface area contributed by atoms with E-state index in [1.165, 1.54) is 24.3 Å². The Kier molecular flexibility index (Phi) is 9.21. The Morgan fingerprint density at radius 2 is 0.972 bits per heavy atom. The summed E-state index contributed by atoms with van der Waals surface area (Å²) in [5.74, 6) is -5.71. The minimum atomic E-state index is -4.86. The van der Waals surface area contributed by atoms with Crippen molar-refractivity contribution in [3.05, 3.63) is 88.7 Å². The van der Waals surface area contributed by atoms with Crippen LogP contribution >= 0.6 is 81.2 Å². The van der Waals surface area contributed by atoms with Gasteiger partial charge in [0, 0.05) is 15.1 Å². The molecule has 0 N–H and O–H groups in total. The largest absolute Gasteiger partial charge is 0.422 e. The van der Waals surface area contributed by atoms with Gasteiger partial charge < -0.3 is 9.47 Å². The second kappa shape index (κ2) is 11.4. The first-order valence-electron chi connectivity index (χ1n) is 9.27. The summed E-state index contributed by atoms with van der Waals surface area (Å²) >= 11 is 41.6. The van der Waals surface area contributed by atoms with Crippen LogP contribution in [-0.2, 0) is 15.8 Å². The summed E-state index contributed by atoms with van der Waals surface area (Å²) in [5.41, 5.74) is -1.74. The number of hydrogen-bond donors (Lipinski definition) is 0. The van der Waals surface area contributed by atoms with Crippen molar-refractivity contribution >= 4 is 93.1 Å². The van der Waals surface area contributed by atoms with Gasteiger partial charge in [0.05, 0.1) is 25.7 Å². The second-order valence-corrected chi connectivity index (χ2v) is 9.88. The Labute approximate surface area is 236 Å². The maximum atomic E-state index is 13.4. The molecule has 0 atom stereocenters. The van der Waals surface area contributed by atoms with Gasteiger partial charge in [-0.3, -0.25) is 9.59 Å². The van der Waals surface area contributed by atoms with Gasteiger partial charge >= 0.3 is 18.1 Å². The highest BCUT2D eigenvalue weighted by molar-refractivity contribution is 6.41. The Morgan fingerprint density at radius 1 is 0.611 bits per heavy atom. The molecule has 0 bridgehead atoms. The monoisotopic (exact) mass is 638 g/mol. The predicted octanol–water partition coefficient (Wildman–Crippen LogP) is 9.57. The maximum absolute atomic E-state index is 13.4. The fourth-order valence-corrected chi connectivity index (χ4v) is 4.91. The van der Waals surface area contributed by atoms with Gasteiger partial charge in [-0.25, -0.2) is 0 Å². The molecule has 190 valence electrons. The summed E-state index contributed by atoms with van der Waals surface area (Å²) < 4.78 is 50.6. The smallest absolute Gasteiger partial charge is 0.416 e. The van der Waals surface area contributed by atoms with Crippen molar-refractivity contribution in [3.63, 3.8) is 0 Å². The Morgan fingerprint density at radius 3 is 1.33 bits per heavy atom. The van der Waals surface area contributed by atoms with Crippen LogP contribution in [0.3, 0.4) is 0 Å². The molecular formula is C22H8Cl7F3O4. The van der Waals surface area contributed by atoms with Crippen LogP contribution in [0.4, 0.5) is 13.2 Å². The van der Waals surface area contributed by atoms with E-state index in [0.717, 1.165) is 6.07 Å². The second-order valence-electron chi connectivity index (χ2n) is 6.94. The molecule has 0 spiro atoms. The molecule has 4 nitrogen and oxygen atoms in total. The normalized spacial score (nSPS) is 11.5. The molecule has 0 radical (unpaired) electrons. The zero-order valence-electron chi connectivity index (χ0n) is 17.0. The van der Waals surface area contributed by atoms with Gasteiger partial charge in [0.2, 0.25) is 0 Å². The van der Waals surface area contributed by atoms with E-state index in [1.54, 1.807) is 0 Å². The third kappa shape index (κ3) is 6.84. The van der Waals surface area contributed by atoms with E-state index >= 15 is 0 Å². The molecule has 0 aromatic heterocycles. The van der Waals surface area contributed by atoms with E-state index in [-0.39, 0.29) is 30.1 Å². The van der Waals surface area contributed by atoms with Crippen molar-refractivity contribution in [2.45, 2.75) is 12.1 Å².